The van der Waals surface area contributed by atoms with Gasteiger partial charge in [-0.05, 0) is 56.5 Å². The number of amides is 2. The second-order valence-corrected chi connectivity index (χ2v) is 7.01. The van der Waals surface area contributed by atoms with E-state index in [9.17, 15) is 13.6 Å². The number of rotatable bonds is 6. The standard InChI is InChI=1S/C21H26F2N4O/c1-2-25-20(28)27-21(11-6-12-24,15-7-4-3-5-8-15)14-19(26-27)17-13-16(22)9-10-18(17)23/h3-5,7-10,13,19,26H,2,6,11-12,14,24H2,1H3,(H,25,28)/t19-,21+/m1/s1. The highest BCUT2D eigenvalue weighted by Crippen LogP contribution is 2.46. The fourth-order valence-corrected chi connectivity index (χ4v) is 3.95. The van der Waals surface area contributed by atoms with Crippen LogP contribution < -0.4 is 16.5 Å². The fourth-order valence-electron chi connectivity index (χ4n) is 3.95. The molecular formula is C21H26F2N4O. The van der Waals surface area contributed by atoms with E-state index < -0.39 is 23.2 Å². The lowest BCUT2D eigenvalue weighted by molar-refractivity contribution is 0.105. The Kier molecular flexibility index (Phi) is 6.26. The summed E-state index contributed by atoms with van der Waals surface area (Å²) < 4.78 is 28.2. The number of benzene rings is 2. The van der Waals surface area contributed by atoms with Crippen LogP contribution in [0.2, 0.25) is 0 Å². The first-order valence-electron chi connectivity index (χ1n) is 9.56. The van der Waals surface area contributed by atoms with Gasteiger partial charge in [0.15, 0.2) is 0 Å². The van der Waals surface area contributed by atoms with E-state index in [-0.39, 0.29) is 11.6 Å². The first-order valence-corrected chi connectivity index (χ1v) is 9.56. The molecule has 2 aromatic carbocycles. The van der Waals surface area contributed by atoms with Crippen LogP contribution in [0.3, 0.4) is 0 Å². The first-order chi connectivity index (χ1) is 13.5. The number of urea groups is 1. The van der Waals surface area contributed by atoms with Crippen LogP contribution in [0.25, 0.3) is 0 Å². The van der Waals surface area contributed by atoms with Gasteiger partial charge >= 0.3 is 6.03 Å². The summed E-state index contributed by atoms with van der Waals surface area (Å²) in [4.78, 5) is 12.9. The molecule has 1 aliphatic rings. The van der Waals surface area contributed by atoms with Crippen LogP contribution in [-0.4, -0.2) is 24.1 Å². The molecule has 150 valence electrons. The second-order valence-electron chi connectivity index (χ2n) is 7.01. The van der Waals surface area contributed by atoms with Gasteiger partial charge in [0.25, 0.3) is 0 Å². The molecule has 0 saturated carbocycles. The summed E-state index contributed by atoms with van der Waals surface area (Å²) in [5.41, 5.74) is 9.32. The van der Waals surface area contributed by atoms with Gasteiger partial charge in [-0.15, -0.1) is 0 Å². The first kappa shape index (κ1) is 20.2. The van der Waals surface area contributed by atoms with E-state index in [1.807, 2.05) is 37.3 Å². The Morgan fingerprint density at radius 1 is 1.29 bits per heavy atom. The number of halogens is 2. The predicted octanol–water partition coefficient (Wildman–Crippen LogP) is 3.58. The molecule has 1 heterocycles. The molecule has 28 heavy (non-hydrogen) atoms. The SMILES string of the molecule is CCNC(=O)N1N[C@@H](c2cc(F)ccc2F)C[C@@]1(CCCN)c1ccccc1. The molecule has 0 radical (unpaired) electrons. The Balaban J connectivity index is 2.07. The van der Waals surface area contributed by atoms with Crippen LogP contribution in [0.15, 0.2) is 48.5 Å². The normalized spacial score (nSPS) is 21.7. The highest BCUT2D eigenvalue weighted by Gasteiger charge is 2.49. The Bertz CT molecular complexity index is 817. The third kappa shape index (κ3) is 3.86. The zero-order chi connectivity index (χ0) is 20.1. The molecule has 0 spiro atoms. The molecule has 0 unspecified atom stereocenters. The van der Waals surface area contributed by atoms with Gasteiger partial charge < -0.3 is 11.1 Å². The van der Waals surface area contributed by atoms with Gasteiger partial charge in [-0.2, -0.15) is 0 Å². The van der Waals surface area contributed by atoms with Crippen molar-refractivity contribution < 1.29 is 13.6 Å². The van der Waals surface area contributed by atoms with E-state index in [4.69, 9.17) is 5.73 Å². The molecule has 1 saturated heterocycles. The third-order valence-corrected chi connectivity index (χ3v) is 5.22. The lowest BCUT2D eigenvalue weighted by Crippen LogP contribution is -2.54. The Hall–Kier alpha value is -2.51. The van der Waals surface area contributed by atoms with Crippen LogP contribution in [0.5, 0.6) is 0 Å². The van der Waals surface area contributed by atoms with Crippen LogP contribution in [0, 0.1) is 11.6 Å². The smallest absolute Gasteiger partial charge is 0.332 e. The van der Waals surface area contributed by atoms with Crippen molar-refractivity contribution in [1.29, 1.82) is 0 Å². The molecule has 5 nitrogen and oxygen atoms in total. The Morgan fingerprint density at radius 2 is 2.04 bits per heavy atom. The highest BCUT2D eigenvalue weighted by atomic mass is 19.1. The summed E-state index contributed by atoms with van der Waals surface area (Å²) in [5, 5.41) is 4.35. The average Bonchev–Trinajstić information content (AvgIpc) is 3.10. The molecule has 0 aliphatic carbocycles. The number of carbonyl (C=O) groups is 1. The number of hydrazine groups is 1. The zero-order valence-corrected chi connectivity index (χ0v) is 15.9. The molecule has 2 atom stereocenters. The molecule has 4 N–H and O–H groups in total. The van der Waals surface area contributed by atoms with E-state index in [0.29, 0.717) is 32.4 Å². The minimum absolute atomic E-state index is 0.208. The largest absolute Gasteiger partial charge is 0.337 e. The number of nitrogens with one attached hydrogen (secondary N) is 2. The molecule has 0 aromatic heterocycles. The van der Waals surface area contributed by atoms with E-state index >= 15 is 0 Å². The van der Waals surface area contributed by atoms with Crippen molar-refractivity contribution in [3.05, 3.63) is 71.3 Å². The molecule has 2 amide bonds. The van der Waals surface area contributed by atoms with E-state index in [2.05, 4.69) is 10.7 Å². The van der Waals surface area contributed by atoms with Gasteiger partial charge in [-0.1, -0.05) is 30.3 Å². The monoisotopic (exact) mass is 388 g/mol. The molecular weight excluding hydrogens is 362 g/mol. The molecule has 7 heteroatoms. The minimum atomic E-state index is -0.719. The molecule has 1 aliphatic heterocycles. The van der Waals surface area contributed by atoms with Crippen molar-refractivity contribution >= 4 is 6.03 Å². The van der Waals surface area contributed by atoms with Gasteiger partial charge in [0.2, 0.25) is 0 Å². The third-order valence-electron chi connectivity index (χ3n) is 5.22. The average molecular weight is 388 g/mol. The molecule has 2 aromatic rings. The number of carbonyl (C=O) groups excluding carboxylic acids is 1. The fraction of sp³-hybridized carbons (Fsp3) is 0.381. The minimum Gasteiger partial charge on any atom is -0.337 e. The summed E-state index contributed by atoms with van der Waals surface area (Å²) in [7, 11) is 0. The lowest BCUT2D eigenvalue weighted by Gasteiger charge is -2.38. The highest BCUT2D eigenvalue weighted by molar-refractivity contribution is 5.75. The van der Waals surface area contributed by atoms with Crippen molar-refractivity contribution in [2.45, 2.75) is 37.8 Å². The summed E-state index contributed by atoms with van der Waals surface area (Å²) in [6.07, 6.45) is 1.70. The van der Waals surface area contributed by atoms with E-state index in [0.717, 1.165) is 17.7 Å². The summed E-state index contributed by atoms with van der Waals surface area (Å²) in [5.74, 6) is -1.01. The van der Waals surface area contributed by atoms with Gasteiger partial charge in [-0.25, -0.2) is 24.0 Å². The number of hydrogen-bond donors (Lipinski definition) is 3. The van der Waals surface area contributed by atoms with Crippen LogP contribution in [0.1, 0.15) is 43.4 Å². The Labute approximate surface area is 163 Å². The molecule has 3 rings (SSSR count). The predicted molar refractivity (Wildman–Crippen MR) is 104 cm³/mol. The van der Waals surface area contributed by atoms with Crippen LogP contribution in [-0.2, 0) is 5.54 Å². The van der Waals surface area contributed by atoms with Crippen molar-refractivity contribution in [3.8, 4) is 0 Å². The molecule has 0 bridgehead atoms. The number of nitrogens with two attached hydrogens (primary N) is 1. The van der Waals surface area contributed by atoms with Gasteiger partial charge in [0.05, 0.1) is 11.6 Å². The maximum atomic E-state index is 14.5. The number of hydrogen-bond acceptors (Lipinski definition) is 3. The lowest BCUT2D eigenvalue weighted by atomic mass is 9.80. The van der Waals surface area contributed by atoms with Crippen molar-refractivity contribution in [3.63, 3.8) is 0 Å². The maximum absolute atomic E-state index is 14.5. The summed E-state index contributed by atoms with van der Waals surface area (Å²) >= 11 is 0. The van der Waals surface area contributed by atoms with E-state index in [1.54, 1.807) is 0 Å². The number of nitrogens with zero attached hydrogens (tertiary/aromatic N) is 1. The van der Waals surface area contributed by atoms with Gasteiger partial charge in [0.1, 0.15) is 11.6 Å². The van der Waals surface area contributed by atoms with Crippen molar-refractivity contribution in [1.82, 2.24) is 15.8 Å². The quantitative estimate of drug-likeness (QED) is 0.708. The van der Waals surface area contributed by atoms with E-state index in [1.165, 1.54) is 11.1 Å². The van der Waals surface area contributed by atoms with Gasteiger partial charge in [-0.3, -0.25) is 0 Å². The maximum Gasteiger partial charge on any atom is 0.332 e. The molecule has 1 fully saturated rings. The van der Waals surface area contributed by atoms with Crippen molar-refractivity contribution in [2.75, 3.05) is 13.1 Å². The van der Waals surface area contributed by atoms with Crippen LogP contribution >= 0.6 is 0 Å². The topological polar surface area (TPSA) is 70.4 Å². The van der Waals surface area contributed by atoms with Crippen LogP contribution in [0.4, 0.5) is 13.6 Å². The van der Waals surface area contributed by atoms with Crippen molar-refractivity contribution in [2.24, 2.45) is 5.73 Å². The summed E-state index contributed by atoms with van der Waals surface area (Å²) in [6, 6.07) is 12.2. The summed E-state index contributed by atoms with van der Waals surface area (Å²) in [6.45, 7) is 2.76. The van der Waals surface area contributed by atoms with Gasteiger partial charge in [0, 0.05) is 12.1 Å². The zero-order valence-electron chi connectivity index (χ0n) is 15.9. The Morgan fingerprint density at radius 3 is 2.71 bits per heavy atom. The second kappa shape index (κ2) is 8.67.